The number of aromatic amines is 1. The lowest BCUT2D eigenvalue weighted by atomic mass is 10.2. The van der Waals surface area contributed by atoms with Crippen molar-refractivity contribution in [1.82, 2.24) is 14.8 Å². The molecule has 2 rings (SSSR count). The summed E-state index contributed by atoms with van der Waals surface area (Å²) < 4.78 is 2.24. The molecule has 0 fully saturated rings. The van der Waals surface area contributed by atoms with Gasteiger partial charge in [-0.25, -0.2) is 10.9 Å². The monoisotopic (exact) mass is 221 g/mol. The summed E-state index contributed by atoms with van der Waals surface area (Å²) in [5.74, 6) is 5.82. The van der Waals surface area contributed by atoms with E-state index in [1.54, 1.807) is 4.57 Å². The van der Waals surface area contributed by atoms with Crippen molar-refractivity contribution in [2.75, 3.05) is 5.43 Å². The van der Waals surface area contributed by atoms with Crippen molar-refractivity contribution in [3.8, 4) is 5.69 Å². The third-order valence-corrected chi connectivity index (χ3v) is 2.37. The Hall–Kier alpha value is -1.66. The molecule has 0 saturated heterocycles. The fraction of sp³-hybridized carbons (Fsp3) is 0.111. The number of nitrogens with one attached hydrogen (secondary N) is 2. The predicted octanol–water partition coefficient (Wildman–Crippen LogP) is 1.52. The maximum absolute atomic E-state index is 5.33. The predicted molar refractivity (Wildman–Crippen MR) is 61.3 cm³/mol. The van der Waals surface area contributed by atoms with Crippen LogP contribution in [0.25, 0.3) is 5.69 Å². The minimum Gasteiger partial charge on any atom is -0.292 e. The maximum atomic E-state index is 5.33. The minimum atomic E-state index is 0.490. The standard InChI is InChI=1S/C9H11N5S/c1-6-2-4-7(5-3-6)14-8(11-10)12-13-9(14)15/h2-5H,10H2,1H3,(H,11,12)(H,13,15). The lowest BCUT2D eigenvalue weighted by Crippen LogP contribution is -2.12. The number of nitrogens with zero attached hydrogens (tertiary/aromatic N) is 2. The number of hydrazine groups is 1. The number of hydrogen-bond donors (Lipinski definition) is 3. The maximum Gasteiger partial charge on any atom is 0.241 e. The molecule has 0 aliphatic heterocycles. The largest absolute Gasteiger partial charge is 0.292 e. The van der Waals surface area contributed by atoms with Crippen molar-refractivity contribution in [2.24, 2.45) is 5.84 Å². The van der Waals surface area contributed by atoms with E-state index in [1.165, 1.54) is 5.56 Å². The molecule has 0 amide bonds. The molecular weight excluding hydrogens is 210 g/mol. The molecule has 0 spiro atoms. The zero-order valence-corrected chi connectivity index (χ0v) is 9.01. The summed E-state index contributed by atoms with van der Waals surface area (Å²) in [7, 11) is 0. The zero-order valence-electron chi connectivity index (χ0n) is 8.19. The van der Waals surface area contributed by atoms with Gasteiger partial charge in [-0.05, 0) is 31.3 Å². The SMILES string of the molecule is Cc1ccc(-n2c(NN)n[nH]c2=S)cc1. The second-order valence-electron chi connectivity index (χ2n) is 3.17. The molecule has 1 heterocycles. The highest BCUT2D eigenvalue weighted by Gasteiger charge is 2.05. The molecule has 0 saturated carbocycles. The van der Waals surface area contributed by atoms with Gasteiger partial charge in [-0.2, -0.15) is 0 Å². The highest BCUT2D eigenvalue weighted by atomic mass is 32.1. The number of aryl methyl sites for hydroxylation is 1. The van der Waals surface area contributed by atoms with Gasteiger partial charge in [0.15, 0.2) is 0 Å². The van der Waals surface area contributed by atoms with E-state index in [0.29, 0.717) is 10.7 Å². The molecule has 0 radical (unpaired) electrons. The number of hydrogen-bond acceptors (Lipinski definition) is 4. The van der Waals surface area contributed by atoms with Gasteiger partial charge in [0.25, 0.3) is 0 Å². The number of aromatic nitrogens is 3. The highest BCUT2D eigenvalue weighted by Crippen LogP contribution is 2.14. The van der Waals surface area contributed by atoms with Crippen molar-refractivity contribution >= 4 is 18.2 Å². The Morgan fingerprint density at radius 1 is 1.40 bits per heavy atom. The molecule has 0 aliphatic rings. The molecule has 0 atom stereocenters. The first-order chi connectivity index (χ1) is 7.22. The topological polar surface area (TPSA) is 71.7 Å². The minimum absolute atomic E-state index is 0.490. The quantitative estimate of drug-likeness (QED) is 0.408. The van der Waals surface area contributed by atoms with Crippen LogP contribution in [0.15, 0.2) is 24.3 Å². The van der Waals surface area contributed by atoms with Gasteiger partial charge in [0, 0.05) is 0 Å². The summed E-state index contributed by atoms with van der Waals surface area (Å²) in [5, 5.41) is 6.62. The number of H-pyrrole nitrogens is 1. The van der Waals surface area contributed by atoms with E-state index in [1.807, 2.05) is 31.2 Å². The van der Waals surface area contributed by atoms with E-state index in [0.717, 1.165) is 5.69 Å². The second kappa shape index (κ2) is 3.84. The van der Waals surface area contributed by atoms with Crippen LogP contribution in [0.5, 0.6) is 0 Å². The van der Waals surface area contributed by atoms with E-state index in [4.69, 9.17) is 18.1 Å². The Bertz CT molecular complexity index is 510. The summed E-state index contributed by atoms with van der Waals surface area (Å²) in [4.78, 5) is 0. The molecule has 15 heavy (non-hydrogen) atoms. The van der Waals surface area contributed by atoms with Gasteiger partial charge in [0.2, 0.25) is 10.7 Å². The van der Waals surface area contributed by atoms with Crippen molar-refractivity contribution in [2.45, 2.75) is 6.92 Å². The Morgan fingerprint density at radius 3 is 2.67 bits per heavy atom. The molecule has 6 heteroatoms. The van der Waals surface area contributed by atoms with Crippen molar-refractivity contribution < 1.29 is 0 Å². The summed E-state index contributed by atoms with van der Waals surface area (Å²) in [5.41, 5.74) is 4.60. The van der Waals surface area contributed by atoms with Crippen LogP contribution < -0.4 is 11.3 Å². The summed E-state index contributed by atoms with van der Waals surface area (Å²) >= 11 is 5.10. The van der Waals surface area contributed by atoms with Gasteiger partial charge in [-0.15, -0.1) is 5.10 Å². The van der Waals surface area contributed by atoms with Crippen molar-refractivity contribution in [3.63, 3.8) is 0 Å². The number of rotatable bonds is 2. The molecule has 2 aromatic rings. The fourth-order valence-corrected chi connectivity index (χ4v) is 1.56. The van der Waals surface area contributed by atoms with Gasteiger partial charge < -0.3 is 0 Å². The van der Waals surface area contributed by atoms with E-state index < -0.39 is 0 Å². The number of nitrogens with two attached hydrogens (primary N) is 1. The molecule has 1 aromatic heterocycles. The van der Waals surface area contributed by atoms with Gasteiger partial charge in [0.1, 0.15) is 0 Å². The number of benzene rings is 1. The van der Waals surface area contributed by atoms with E-state index in [-0.39, 0.29) is 0 Å². The van der Waals surface area contributed by atoms with Gasteiger partial charge >= 0.3 is 0 Å². The van der Waals surface area contributed by atoms with E-state index >= 15 is 0 Å². The second-order valence-corrected chi connectivity index (χ2v) is 3.55. The Morgan fingerprint density at radius 2 is 2.07 bits per heavy atom. The molecule has 1 aromatic carbocycles. The third-order valence-electron chi connectivity index (χ3n) is 2.09. The lowest BCUT2D eigenvalue weighted by Gasteiger charge is -2.05. The summed E-state index contributed by atoms with van der Waals surface area (Å²) in [6, 6.07) is 7.93. The molecule has 78 valence electrons. The van der Waals surface area contributed by atoms with Gasteiger partial charge in [0.05, 0.1) is 5.69 Å². The third kappa shape index (κ3) is 1.77. The first-order valence-electron chi connectivity index (χ1n) is 4.43. The molecule has 0 bridgehead atoms. The van der Waals surface area contributed by atoms with Crippen LogP contribution in [-0.4, -0.2) is 14.8 Å². The van der Waals surface area contributed by atoms with Gasteiger partial charge in [-0.1, -0.05) is 17.7 Å². The van der Waals surface area contributed by atoms with Crippen LogP contribution in [0, 0.1) is 11.7 Å². The Balaban J connectivity index is 2.57. The average Bonchev–Trinajstić information content (AvgIpc) is 2.61. The smallest absolute Gasteiger partial charge is 0.241 e. The normalized spacial score (nSPS) is 10.3. The zero-order chi connectivity index (χ0) is 10.8. The first kappa shape index (κ1) is 9.88. The highest BCUT2D eigenvalue weighted by molar-refractivity contribution is 7.71. The van der Waals surface area contributed by atoms with Gasteiger partial charge in [-0.3, -0.25) is 9.99 Å². The van der Waals surface area contributed by atoms with Crippen LogP contribution in [0.4, 0.5) is 5.95 Å². The summed E-state index contributed by atoms with van der Waals surface area (Å²) in [6.45, 7) is 2.03. The molecule has 0 aliphatic carbocycles. The van der Waals surface area contributed by atoms with Crippen LogP contribution in [-0.2, 0) is 0 Å². The fourth-order valence-electron chi connectivity index (χ4n) is 1.33. The lowest BCUT2D eigenvalue weighted by molar-refractivity contribution is 1.02. The summed E-state index contributed by atoms with van der Waals surface area (Å²) in [6.07, 6.45) is 0. The Kier molecular flexibility index (Phi) is 2.53. The number of anilines is 1. The van der Waals surface area contributed by atoms with Crippen LogP contribution >= 0.6 is 12.2 Å². The van der Waals surface area contributed by atoms with Crippen LogP contribution in [0.2, 0.25) is 0 Å². The van der Waals surface area contributed by atoms with Crippen molar-refractivity contribution in [1.29, 1.82) is 0 Å². The number of nitrogen functional groups attached to an aromatic ring is 1. The average molecular weight is 221 g/mol. The molecular formula is C9H11N5S. The van der Waals surface area contributed by atoms with E-state index in [9.17, 15) is 0 Å². The molecule has 0 unspecified atom stereocenters. The molecule has 4 N–H and O–H groups in total. The Labute approximate surface area is 91.9 Å². The van der Waals surface area contributed by atoms with Crippen LogP contribution in [0.1, 0.15) is 5.56 Å². The van der Waals surface area contributed by atoms with Crippen LogP contribution in [0.3, 0.4) is 0 Å². The van der Waals surface area contributed by atoms with Crippen molar-refractivity contribution in [3.05, 3.63) is 34.6 Å². The van der Waals surface area contributed by atoms with E-state index in [2.05, 4.69) is 15.6 Å². The first-order valence-corrected chi connectivity index (χ1v) is 4.84. The molecule has 5 nitrogen and oxygen atoms in total.